The van der Waals surface area contributed by atoms with Crippen LogP contribution >= 0.6 is 15.9 Å². The number of benzene rings is 3. The quantitative estimate of drug-likeness (QED) is 0.132. The number of esters is 1. The van der Waals surface area contributed by atoms with Crippen LogP contribution in [0.4, 0.5) is 0 Å². The topological polar surface area (TPSA) is 97.6 Å². The number of ether oxygens (including phenoxy) is 3. The van der Waals surface area contributed by atoms with Gasteiger partial charge in [-0.15, -0.1) is 0 Å². The van der Waals surface area contributed by atoms with Crippen molar-refractivity contribution >= 4 is 33.9 Å². The molecule has 0 atom stereocenters. The van der Waals surface area contributed by atoms with E-state index in [1.165, 1.54) is 13.2 Å². The lowest BCUT2D eigenvalue weighted by molar-refractivity contribution is -0.136. The van der Waals surface area contributed by atoms with E-state index in [1.807, 2.05) is 48.5 Å². The van der Waals surface area contributed by atoms with Crippen LogP contribution in [0.5, 0.6) is 11.5 Å². The number of nitrogens with zero attached hydrogens (tertiary/aromatic N) is 1. The number of rotatable bonds is 10. The number of nitriles is 1. The van der Waals surface area contributed by atoms with Crippen LogP contribution in [-0.2, 0) is 14.3 Å². The lowest BCUT2D eigenvalue weighted by atomic mass is 10.1. The second-order valence-electron chi connectivity index (χ2n) is 7.26. The fourth-order valence-electron chi connectivity index (χ4n) is 3.03. The highest BCUT2D eigenvalue weighted by atomic mass is 79.9. The Labute approximate surface area is 212 Å². The molecule has 0 radical (unpaired) electrons. The van der Waals surface area contributed by atoms with Crippen molar-refractivity contribution in [3.8, 4) is 28.7 Å². The summed E-state index contributed by atoms with van der Waals surface area (Å²) in [6, 6.07) is 23.9. The van der Waals surface area contributed by atoms with Gasteiger partial charge in [0.15, 0.2) is 6.61 Å². The van der Waals surface area contributed by atoms with Gasteiger partial charge in [0.05, 0.1) is 11.1 Å². The largest absolute Gasteiger partial charge is 0.481 e. The molecule has 3 aromatic rings. The van der Waals surface area contributed by atoms with E-state index in [1.54, 1.807) is 30.3 Å². The highest BCUT2D eigenvalue weighted by Crippen LogP contribution is 2.30. The summed E-state index contributed by atoms with van der Waals surface area (Å²) in [4.78, 5) is 24.3. The van der Waals surface area contributed by atoms with Crippen molar-refractivity contribution in [2.45, 2.75) is 0 Å². The van der Waals surface area contributed by atoms with Crippen LogP contribution in [0.25, 0.3) is 17.2 Å². The number of nitrogens with one attached hydrogen (secondary N) is 1. The van der Waals surface area contributed by atoms with Crippen LogP contribution in [0.2, 0.25) is 0 Å². The molecule has 0 bridgehead atoms. The molecule has 0 saturated heterocycles. The highest BCUT2D eigenvalue weighted by molar-refractivity contribution is 9.10. The van der Waals surface area contributed by atoms with Crippen LogP contribution in [0, 0.1) is 11.3 Å². The Morgan fingerprint density at radius 1 is 1.03 bits per heavy atom. The zero-order valence-corrected chi connectivity index (χ0v) is 20.6. The van der Waals surface area contributed by atoms with E-state index in [9.17, 15) is 14.9 Å². The number of hydrogen-bond acceptors (Lipinski definition) is 6. The summed E-state index contributed by atoms with van der Waals surface area (Å²) in [5, 5.41) is 11.8. The third kappa shape index (κ3) is 7.81. The van der Waals surface area contributed by atoms with Gasteiger partial charge in [0.25, 0.3) is 5.91 Å². The third-order valence-electron chi connectivity index (χ3n) is 4.76. The van der Waals surface area contributed by atoms with Crippen molar-refractivity contribution < 1.29 is 23.8 Å². The van der Waals surface area contributed by atoms with Gasteiger partial charge >= 0.3 is 5.97 Å². The molecule has 0 saturated carbocycles. The van der Waals surface area contributed by atoms with Crippen molar-refractivity contribution in [3.63, 3.8) is 0 Å². The molecule has 8 heteroatoms. The standard InChI is InChI=1S/C27H23BrN2O5/c1-33-14-13-30-27(32)22(17-29)15-19-7-10-23(11-8-19)35-26(31)18-34-25-12-9-21(16-24(25)28)20-5-3-2-4-6-20/h2-12,15-16H,13-14,18H2,1H3,(H,30,32)/b22-15+. The van der Waals surface area contributed by atoms with Crippen molar-refractivity contribution in [1.29, 1.82) is 5.26 Å². The van der Waals surface area contributed by atoms with Gasteiger partial charge in [-0.1, -0.05) is 48.5 Å². The molecule has 3 aromatic carbocycles. The Balaban J connectivity index is 1.54. The van der Waals surface area contributed by atoms with E-state index >= 15 is 0 Å². The Bertz CT molecular complexity index is 1230. The summed E-state index contributed by atoms with van der Waals surface area (Å²) in [5.41, 5.74) is 2.67. The van der Waals surface area contributed by atoms with Crippen molar-refractivity contribution in [2.24, 2.45) is 0 Å². The van der Waals surface area contributed by atoms with Crippen LogP contribution in [0.15, 0.2) is 82.8 Å². The molecule has 0 aliphatic rings. The van der Waals surface area contributed by atoms with Gasteiger partial charge in [-0.2, -0.15) is 5.26 Å². The molecule has 0 heterocycles. The minimum atomic E-state index is -0.567. The molecule has 0 fully saturated rings. The van der Waals surface area contributed by atoms with Crippen molar-refractivity contribution in [2.75, 3.05) is 26.9 Å². The fourth-order valence-corrected chi connectivity index (χ4v) is 3.53. The van der Waals surface area contributed by atoms with Gasteiger partial charge in [-0.25, -0.2) is 4.79 Å². The minimum Gasteiger partial charge on any atom is -0.481 e. The molecule has 1 amide bonds. The first kappa shape index (κ1) is 25.7. The fraction of sp³-hybridized carbons (Fsp3) is 0.148. The molecular formula is C27H23BrN2O5. The molecule has 1 N–H and O–H groups in total. The molecule has 35 heavy (non-hydrogen) atoms. The number of carbonyl (C=O) groups excluding carboxylic acids is 2. The molecule has 7 nitrogen and oxygen atoms in total. The molecule has 0 spiro atoms. The van der Waals surface area contributed by atoms with Gasteiger partial charge in [0, 0.05) is 13.7 Å². The third-order valence-corrected chi connectivity index (χ3v) is 5.38. The molecule has 178 valence electrons. The first-order valence-electron chi connectivity index (χ1n) is 10.7. The van der Waals surface area contributed by atoms with Crippen molar-refractivity contribution in [3.05, 3.63) is 88.4 Å². The first-order valence-corrected chi connectivity index (χ1v) is 11.5. The van der Waals surface area contributed by atoms with E-state index in [0.717, 1.165) is 15.6 Å². The van der Waals surface area contributed by atoms with Gasteiger partial charge in [0.2, 0.25) is 0 Å². The summed E-state index contributed by atoms with van der Waals surface area (Å²) in [7, 11) is 1.52. The number of methoxy groups -OCH3 is 1. The lowest BCUT2D eigenvalue weighted by Gasteiger charge is -2.10. The van der Waals surface area contributed by atoms with Gasteiger partial charge in [-0.05, 0) is 63.0 Å². The highest BCUT2D eigenvalue weighted by Gasteiger charge is 2.11. The predicted molar refractivity (Wildman–Crippen MR) is 136 cm³/mol. The molecule has 3 rings (SSSR count). The number of hydrogen-bond donors (Lipinski definition) is 1. The second-order valence-corrected chi connectivity index (χ2v) is 8.12. The van der Waals surface area contributed by atoms with Crippen molar-refractivity contribution in [1.82, 2.24) is 5.32 Å². The maximum atomic E-state index is 12.2. The smallest absolute Gasteiger partial charge is 0.349 e. The average Bonchev–Trinajstić information content (AvgIpc) is 2.88. The molecule has 0 aliphatic carbocycles. The predicted octanol–water partition coefficient (Wildman–Crippen LogP) is 4.77. The van der Waals surface area contributed by atoms with E-state index in [2.05, 4.69) is 21.2 Å². The molecule has 0 aromatic heterocycles. The zero-order valence-electron chi connectivity index (χ0n) is 19.0. The van der Waals surface area contributed by atoms with E-state index in [4.69, 9.17) is 14.2 Å². The van der Waals surface area contributed by atoms with E-state index in [0.29, 0.717) is 30.2 Å². The van der Waals surface area contributed by atoms with Crippen LogP contribution in [0.1, 0.15) is 5.56 Å². The first-order chi connectivity index (χ1) is 17.0. The average molecular weight is 535 g/mol. The maximum absolute atomic E-state index is 12.2. The molecular weight excluding hydrogens is 512 g/mol. The Morgan fingerprint density at radius 2 is 1.77 bits per heavy atom. The summed E-state index contributed by atoms with van der Waals surface area (Å²) >= 11 is 3.48. The summed E-state index contributed by atoms with van der Waals surface area (Å²) in [6.45, 7) is 0.383. The van der Waals surface area contributed by atoms with E-state index in [-0.39, 0.29) is 12.2 Å². The SMILES string of the molecule is COCCNC(=O)/C(C#N)=C/c1ccc(OC(=O)COc2ccc(-c3ccccc3)cc2Br)cc1. The minimum absolute atomic E-state index is 0.0388. The van der Waals surface area contributed by atoms with Gasteiger partial charge in [0.1, 0.15) is 23.1 Å². The normalized spacial score (nSPS) is 10.8. The number of halogens is 1. The lowest BCUT2D eigenvalue weighted by Crippen LogP contribution is -2.27. The Morgan fingerprint density at radius 3 is 2.43 bits per heavy atom. The van der Waals surface area contributed by atoms with Crippen LogP contribution < -0.4 is 14.8 Å². The Kier molecular flexibility index (Phi) is 9.60. The summed E-state index contributed by atoms with van der Waals surface area (Å²) < 4.78 is 16.5. The maximum Gasteiger partial charge on any atom is 0.349 e. The van der Waals surface area contributed by atoms with Gasteiger partial charge < -0.3 is 19.5 Å². The van der Waals surface area contributed by atoms with Crippen LogP contribution in [0.3, 0.4) is 0 Å². The molecule has 0 aliphatic heterocycles. The van der Waals surface area contributed by atoms with Crippen LogP contribution in [-0.4, -0.2) is 38.7 Å². The summed E-state index contributed by atoms with van der Waals surface area (Å²) in [6.07, 6.45) is 1.45. The Hall–Kier alpha value is -3.93. The van der Waals surface area contributed by atoms with Gasteiger partial charge in [-0.3, -0.25) is 4.79 Å². The monoisotopic (exact) mass is 534 g/mol. The number of amides is 1. The summed E-state index contributed by atoms with van der Waals surface area (Å²) in [5.74, 6) is -0.213. The number of carbonyl (C=O) groups is 2. The van der Waals surface area contributed by atoms with E-state index < -0.39 is 11.9 Å². The molecule has 0 unspecified atom stereocenters. The zero-order chi connectivity index (χ0) is 25.0. The second kappa shape index (κ2) is 13.1.